The van der Waals surface area contributed by atoms with Gasteiger partial charge in [0, 0.05) is 27.5 Å². The lowest BCUT2D eigenvalue weighted by atomic mass is 9.93. The van der Waals surface area contributed by atoms with Crippen LogP contribution in [0.5, 0.6) is 0 Å². The van der Waals surface area contributed by atoms with Crippen LogP contribution in [0.1, 0.15) is 49.9 Å². The quantitative estimate of drug-likeness (QED) is 0.316. The van der Waals surface area contributed by atoms with Crippen molar-refractivity contribution in [2.45, 2.75) is 33.7 Å². The predicted octanol–water partition coefficient (Wildman–Crippen LogP) is 6.43. The standard InChI is InChI=1S/C31H27N3O2/c1-4-19-9-11-23-26(15-19)33-29-24(30(32)35)13-12-22(28(23)29)21-6-5-7-27(18(21)3)34-16-20-10-8-17(2)14-25(20)31(34)36/h5-15,33H,4,16H2,1-3H3,(H2,32,35). The van der Waals surface area contributed by atoms with Crippen molar-refractivity contribution >= 4 is 39.3 Å². The van der Waals surface area contributed by atoms with Gasteiger partial charge in [0.25, 0.3) is 11.8 Å². The number of hydrogen-bond acceptors (Lipinski definition) is 2. The molecule has 0 fully saturated rings. The number of benzene rings is 4. The second-order valence-electron chi connectivity index (χ2n) is 9.64. The number of hydrogen-bond donors (Lipinski definition) is 2. The number of aryl methyl sites for hydroxylation is 2. The molecule has 6 rings (SSSR count). The summed E-state index contributed by atoms with van der Waals surface area (Å²) in [6, 6.07) is 22.3. The normalized spacial score (nSPS) is 13.1. The van der Waals surface area contributed by atoms with Crippen molar-refractivity contribution in [1.82, 2.24) is 4.98 Å². The fourth-order valence-corrected chi connectivity index (χ4v) is 5.53. The van der Waals surface area contributed by atoms with Gasteiger partial charge in [-0.3, -0.25) is 9.59 Å². The molecule has 0 aliphatic carbocycles. The molecule has 36 heavy (non-hydrogen) atoms. The van der Waals surface area contributed by atoms with Crippen molar-refractivity contribution in [2.24, 2.45) is 5.73 Å². The Kier molecular flexibility index (Phi) is 4.97. The lowest BCUT2D eigenvalue weighted by molar-refractivity contribution is 0.0990. The van der Waals surface area contributed by atoms with Crippen LogP contribution in [0.25, 0.3) is 32.9 Å². The molecule has 1 aliphatic heterocycles. The molecule has 0 unspecified atom stereocenters. The van der Waals surface area contributed by atoms with Crippen molar-refractivity contribution in [3.05, 3.63) is 100 Å². The van der Waals surface area contributed by atoms with E-state index in [0.29, 0.717) is 12.1 Å². The Morgan fingerprint density at radius 1 is 0.972 bits per heavy atom. The highest BCUT2D eigenvalue weighted by Gasteiger charge is 2.30. The van der Waals surface area contributed by atoms with Gasteiger partial charge in [-0.25, -0.2) is 0 Å². The van der Waals surface area contributed by atoms with Crippen LogP contribution < -0.4 is 10.6 Å². The molecule has 4 aromatic carbocycles. The summed E-state index contributed by atoms with van der Waals surface area (Å²) in [7, 11) is 0. The molecule has 3 N–H and O–H groups in total. The maximum Gasteiger partial charge on any atom is 0.258 e. The van der Waals surface area contributed by atoms with E-state index in [2.05, 4.69) is 49.2 Å². The van der Waals surface area contributed by atoms with Gasteiger partial charge < -0.3 is 15.6 Å². The number of amides is 2. The number of aromatic nitrogens is 1. The summed E-state index contributed by atoms with van der Waals surface area (Å²) in [4.78, 5) is 31.0. The van der Waals surface area contributed by atoms with E-state index in [-0.39, 0.29) is 5.91 Å². The molecule has 178 valence electrons. The van der Waals surface area contributed by atoms with Crippen LogP contribution in [0.15, 0.2) is 66.7 Å². The van der Waals surface area contributed by atoms with Gasteiger partial charge in [-0.2, -0.15) is 0 Å². The number of nitrogens with zero attached hydrogens (tertiary/aromatic N) is 1. The molecule has 0 bridgehead atoms. The van der Waals surface area contributed by atoms with Crippen molar-refractivity contribution in [3.63, 3.8) is 0 Å². The number of rotatable bonds is 4. The van der Waals surface area contributed by atoms with E-state index in [0.717, 1.165) is 67.3 Å². The third kappa shape index (κ3) is 3.23. The zero-order valence-electron chi connectivity index (χ0n) is 20.6. The van der Waals surface area contributed by atoms with Crippen LogP contribution >= 0.6 is 0 Å². The van der Waals surface area contributed by atoms with Gasteiger partial charge in [-0.05, 0) is 72.4 Å². The van der Waals surface area contributed by atoms with Gasteiger partial charge in [0.05, 0.1) is 17.6 Å². The summed E-state index contributed by atoms with van der Waals surface area (Å²) in [5, 5.41) is 2.01. The fraction of sp³-hybridized carbons (Fsp3) is 0.161. The van der Waals surface area contributed by atoms with E-state index in [1.54, 1.807) is 6.07 Å². The average molecular weight is 474 g/mol. The number of fused-ring (bicyclic) bond motifs is 4. The van der Waals surface area contributed by atoms with E-state index in [1.807, 2.05) is 42.2 Å². The van der Waals surface area contributed by atoms with Crippen LogP contribution in [0.2, 0.25) is 0 Å². The van der Waals surface area contributed by atoms with Crippen LogP contribution in [-0.4, -0.2) is 16.8 Å². The number of carbonyl (C=O) groups excluding carboxylic acids is 2. The topological polar surface area (TPSA) is 79.2 Å². The molecule has 0 radical (unpaired) electrons. The summed E-state index contributed by atoms with van der Waals surface area (Å²) in [5.41, 5.74) is 16.0. The minimum absolute atomic E-state index is 0.0300. The van der Waals surface area contributed by atoms with E-state index in [9.17, 15) is 9.59 Å². The van der Waals surface area contributed by atoms with E-state index < -0.39 is 5.91 Å². The van der Waals surface area contributed by atoms with E-state index in [4.69, 9.17) is 5.73 Å². The van der Waals surface area contributed by atoms with Gasteiger partial charge in [0.2, 0.25) is 0 Å². The molecular weight excluding hydrogens is 446 g/mol. The van der Waals surface area contributed by atoms with Crippen molar-refractivity contribution in [2.75, 3.05) is 4.90 Å². The summed E-state index contributed by atoms with van der Waals surface area (Å²) in [6.07, 6.45) is 0.924. The van der Waals surface area contributed by atoms with Gasteiger partial charge >= 0.3 is 0 Å². The number of nitrogens with one attached hydrogen (secondary N) is 1. The number of primary amides is 1. The molecule has 0 atom stereocenters. The number of H-pyrrole nitrogens is 1. The first-order chi connectivity index (χ1) is 17.4. The average Bonchev–Trinajstić information content (AvgIpc) is 3.41. The van der Waals surface area contributed by atoms with Crippen LogP contribution in [0.3, 0.4) is 0 Å². The Morgan fingerprint density at radius 3 is 2.58 bits per heavy atom. The van der Waals surface area contributed by atoms with Crippen molar-refractivity contribution in [1.29, 1.82) is 0 Å². The van der Waals surface area contributed by atoms with Gasteiger partial charge in [0.15, 0.2) is 0 Å². The second kappa shape index (κ2) is 8.09. The SMILES string of the molecule is CCc1ccc2c(c1)[nH]c1c(C(N)=O)ccc(-c3cccc(N4Cc5ccc(C)cc5C4=O)c3C)c12. The van der Waals surface area contributed by atoms with Gasteiger partial charge in [-0.15, -0.1) is 0 Å². The zero-order valence-corrected chi connectivity index (χ0v) is 20.6. The second-order valence-corrected chi connectivity index (χ2v) is 9.64. The first-order valence-corrected chi connectivity index (χ1v) is 12.3. The summed E-state index contributed by atoms with van der Waals surface area (Å²) in [5.74, 6) is -0.433. The Morgan fingerprint density at radius 2 is 1.81 bits per heavy atom. The Bertz CT molecular complexity index is 1730. The maximum absolute atomic E-state index is 13.3. The lowest BCUT2D eigenvalue weighted by Gasteiger charge is -2.21. The van der Waals surface area contributed by atoms with Crippen LogP contribution in [-0.2, 0) is 13.0 Å². The Labute approximate surface area is 209 Å². The highest BCUT2D eigenvalue weighted by Crippen LogP contribution is 2.41. The maximum atomic E-state index is 13.3. The van der Waals surface area contributed by atoms with Crippen LogP contribution in [0.4, 0.5) is 5.69 Å². The highest BCUT2D eigenvalue weighted by molar-refractivity contribution is 6.20. The molecule has 0 saturated carbocycles. The molecule has 5 heteroatoms. The zero-order chi connectivity index (χ0) is 25.1. The molecule has 1 aliphatic rings. The van der Waals surface area contributed by atoms with Gasteiger partial charge in [0.1, 0.15) is 0 Å². The molecule has 0 spiro atoms. The van der Waals surface area contributed by atoms with Gasteiger partial charge in [-0.1, -0.05) is 55.0 Å². The fourth-order valence-electron chi connectivity index (χ4n) is 5.53. The molecule has 1 aromatic heterocycles. The molecule has 0 saturated heterocycles. The minimum Gasteiger partial charge on any atom is -0.366 e. The number of anilines is 1. The molecule has 5 aromatic rings. The van der Waals surface area contributed by atoms with Crippen LogP contribution in [0, 0.1) is 13.8 Å². The third-order valence-electron chi connectivity index (χ3n) is 7.45. The number of aromatic amines is 1. The molecule has 5 nitrogen and oxygen atoms in total. The monoisotopic (exact) mass is 473 g/mol. The molecule has 2 heterocycles. The number of carbonyl (C=O) groups is 2. The lowest BCUT2D eigenvalue weighted by Crippen LogP contribution is -2.24. The summed E-state index contributed by atoms with van der Waals surface area (Å²) in [6.45, 7) is 6.75. The van der Waals surface area contributed by atoms with E-state index in [1.165, 1.54) is 5.56 Å². The smallest absolute Gasteiger partial charge is 0.258 e. The molecule has 2 amide bonds. The third-order valence-corrected chi connectivity index (χ3v) is 7.45. The van der Waals surface area contributed by atoms with Crippen molar-refractivity contribution in [3.8, 4) is 11.1 Å². The van der Waals surface area contributed by atoms with Crippen molar-refractivity contribution < 1.29 is 9.59 Å². The minimum atomic E-state index is -0.463. The summed E-state index contributed by atoms with van der Waals surface area (Å²) >= 11 is 0. The highest BCUT2D eigenvalue weighted by atomic mass is 16.2. The summed E-state index contributed by atoms with van der Waals surface area (Å²) < 4.78 is 0. The van der Waals surface area contributed by atoms with E-state index >= 15 is 0 Å². The largest absolute Gasteiger partial charge is 0.366 e. The Hall–Kier alpha value is -4.38. The Balaban J connectivity index is 1.56. The first-order valence-electron chi connectivity index (χ1n) is 12.3. The predicted molar refractivity (Wildman–Crippen MR) is 146 cm³/mol. The molecular formula is C31H27N3O2. The first kappa shape index (κ1) is 22.1. The number of nitrogens with two attached hydrogens (primary N) is 1.